The maximum atomic E-state index is 12.7. The van der Waals surface area contributed by atoms with Crippen LogP contribution in [-0.2, 0) is 11.2 Å². The number of aromatic amines is 1. The minimum Gasteiger partial charge on any atom is -0.497 e. The van der Waals surface area contributed by atoms with Crippen molar-refractivity contribution < 1.29 is 9.53 Å². The Labute approximate surface area is 163 Å². The van der Waals surface area contributed by atoms with Crippen molar-refractivity contribution in [2.24, 2.45) is 0 Å². The van der Waals surface area contributed by atoms with Gasteiger partial charge in [-0.1, -0.05) is 12.1 Å². The van der Waals surface area contributed by atoms with Crippen LogP contribution in [0.1, 0.15) is 18.4 Å². The number of methoxy groups -OCH3 is 1. The lowest BCUT2D eigenvalue weighted by Crippen LogP contribution is -2.35. The van der Waals surface area contributed by atoms with E-state index in [1.807, 2.05) is 29.2 Å². The number of aromatic nitrogens is 4. The number of benzene rings is 1. The number of carbonyl (C=O) groups is 1. The molecule has 1 saturated heterocycles. The van der Waals surface area contributed by atoms with Gasteiger partial charge in [0.15, 0.2) is 11.5 Å². The van der Waals surface area contributed by atoms with E-state index in [0.717, 1.165) is 55.1 Å². The number of ether oxygens (including phenoxy) is 1. The van der Waals surface area contributed by atoms with Crippen molar-refractivity contribution in [2.45, 2.75) is 19.3 Å². The minimum absolute atomic E-state index is 0.194. The summed E-state index contributed by atoms with van der Waals surface area (Å²) < 4.78 is 5.25. The number of fused-ring (bicyclic) bond motifs is 1. The van der Waals surface area contributed by atoms with Gasteiger partial charge in [-0.15, -0.1) is 0 Å². The van der Waals surface area contributed by atoms with Gasteiger partial charge in [0.2, 0.25) is 5.91 Å². The monoisotopic (exact) mass is 380 g/mol. The van der Waals surface area contributed by atoms with Crippen molar-refractivity contribution in [3.05, 3.63) is 42.5 Å². The standard InChI is InChI=1S/C20H24N6O2/c1-28-16-5-2-4-15(12-16)6-7-17(27)25-8-3-9-26(11-10-25)20-18-19(22-13-21-18)23-14-24-20/h2,4-5,12-14H,3,6-11H2,1H3,(H,21,22,23,24). The number of hydrogen-bond acceptors (Lipinski definition) is 6. The van der Waals surface area contributed by atoms with E-state index in [0.29, 0.717) is 18.6 Å². The van der Waals surface area contributed by atoms with E-state index in [2.05, 4.69) is 24.8 Å². The number of hydrogen-bond donors (Lipinski definition) is 1. The molecule has 8 nitrogen and oxygen atoms in total. The fourth-order valence-electron chi connectivity index (χ4n) is 3.61. The number of nitrogens with zero attached hydrogens (tertiary/aromatic N) is 5. The Bertz CT molecular complexity index is 957. The largest absolute Gasteiger partial charge is 0.497 e. The lowest BCUT2D eigenvalue weighted by atomic mass is 10.1. The summed E-state index contributed by atoms with van der Waals surface area (Å²) in [5.74, 6) is 1.87. The molecule has 0 bridgehead atoms. The topological polar surface area (TPSA) is 87.2 Å². The molecule has 1 fully saturated rings. The lowest BCUT2D eigenvalue weighted by molar-refractivity contribution is -0.130. The molecule has 0 saturated carbocycles. The average Bonchev–Trinajstić information content (AvgIpc) is 3.09. The van der Waals surface area contributed by atoms with Crippen molar-refractivity contribution >= 4 is 22.9 Å². The highest BCUT2D eigenvalue weighted by Crippen LogP contribution is 2.21. The van der Waals surface area contributed by atoms with Gasteiger partial charge in [0.25, 0.3) is 0 Å². The highest BCUT2D eigenvalue weighted by atomic mass is 16.5. The van der Waals surface area contributed by atoms with Gasteiger partial charge in [0.05, 0.1) is 13.4 Å². The first kappa shape index (κ1) is 18.2. The average molecular weight is 380 g/mol. The van der Waals surface area contributed by atoms with E-state index in [4.69, 9.17) is 4.74 Å². The third-order valence-corrected chi connectivity index (χ3v) is 5.11. The molecule has 0 spiro atoms. The molecule has 0 unspecified atom stereocenters. The number of carbonyl (C=O) groups excluding carboxylic acids is 1. The molecule has 146 valence electrons. The fourth-order valence-corrected chi connectivity index (χ4v) is 3.61. The summed E-state index contributed by atoms with van der Waals surface area (Å²) in [6, 6.07) is 7.89. The zero-order valence-electron chi connectivity index (χ0n) is 16.0. The van der Waals surface area contributed by atoms with Crippen LogP contribution in [0.4, 0.5) is 5.82 Å². The highest BCUT2D eigenvalue weighted by Gasteiger charge is 2.21. The van der Waals surface area contributed by atoms with E-state index < -0.39 is 0 Å². The number of imidazole rings is 1. The molecule has 0 aliphatic carbocycles. The fraction of sp³-hybridized carbons (Fsp3) is 0.400. The summed E-state index contributed by atoms with van der Waals surface area (Å²) >= 11 is 0. The maximum absolute atomic E-state index is 12.7. The van der Waals surface area contributed by atoms with Gasteiger partial charge in [0, 0.05) is 32.6 Å². The maximum Gasteiger partial charge on any atom is 0.222 e. The Morgan fingerprint density at radius 2 is 2.11 bits per heavy atom. The van der Waals surface area contributed by atoms with Crippen LogP contribution in [0.3, 0.4) is 0 Å². The molecule has 1 N–H and O–H groups in total. The number of rotatable bonds is 5. The van der Waals surface area contributed by atoms with Crippen molar-refractivity contribution in [3.63, 3.8) is 0 Å². The molecule has 1 amide bonds. The van der Waals surface area contributed by atoms with Crippen LogP contribution < -0.4 is 9.64 Å². The summed E-state index contributed by atoms with van der Waals surface area (Å²) in [5.41, 5.74) is 2.63. The van der Waals surface area contributed by atoms with Gasteiger partial charge < -0.3 is 19.5 Å². The number of nitrogens with one attached hydrogen (secondary N) is 1. The second kappa shape index (κ2) is 8.24. The molecule has 2 aromatic heterocycles. The van der Waals surface area contributed by atoms with Crippen LogP contribution in [0.15, 0.2) is 36.9 Å². The molecule has 8 heteroatoms. The highest BCUT2D eigenvalue weighted by molar-refractivity contribution is 5.82. The number of amides is 1. The molecule has 0 radical (unpaired) electrons. The quantitative estimate of drug-likeness (QED) is 0.729. The normalized spacial score (nSPS) is 14.9. The lowest BCUT2D eigenvalue weighted by Gasteiger charge is -2.23. The Morgan fingerprint density at radius 3 is 3.00 bits per heavy atom. The third kappa shape index (κ3) is 3.90. The van der Waals surface area contributed by atoms with Crippen LogP contribution in [0, 0.1) is 0 Å². The molecule has 28 heavy (non-hydrogen) atoms. The number of anilines is 1. The van der Waals surface area contributed by atoms with E-state index >= 15 is 0 Å². The molecular weight excluding hydrogens is 356 g/mol. The van der Waals surface area contributed by atoms with Gasteiger partial charge in [-0.3, -0.25) is 4.79 Å². The van der Waals surface area contributed by atoms with Crippen molar-refractivity contribution in [3.8, 4) is 5.75 Å². The second-order valence-electron chi connectivity index (χ2n) is 6.87. The third-order valence-electron chi connectivity index (χ3n) is 5.11. The summed E-state index contributed by atoms with van der Waals surface area (Å²) in [6.45, 7) is 3.06. The van der Waals surface area contributed by atoms with Crippen LogP contribution in [-0.4, -0.2) is 64.0 Å². The van der Waals surface area contributed by atoms with E-state index in [1.165, 1.54) is 0 Å². The molecule has 0 atom stereocenters. The Balaban J connectivity index is 1.37. The molecular formula is C20H24N6O2. The minimum atomic E-state index is 0.194. The zero-order valence-corrected chi connectivity index (χ0v) is 16.0. The van der Waals surface area contributed by atoms with Crippen molar-refractivity contribution in [2.75, 3.05) is 38.2 Å². The SMILES string of the molecule is COc1cccc(CCC(=O)N2CCCN(c3ncnc4nc[nH]c34)CC2)c1. The molecule has 3 aromatic rings. The number of H-pyrrole nitrogens is 1. The summed E-state index contributed by atoms with van der Waals surface area (Å²) in [7, 11) is 1.65. The van der Waals surface area contributed by atoms with E-state index in [1.54, 1.807) is 19.8 Å². The van der Waals surface area contributed by atoms with Crippen molar-refractivity contribution in [1.29, 1.82) is 0 Å². The Morgan fingerprint density at radius 1 is 1.18 bits per heavy atom. The Kier molecular flexibility index (Phi) is 5.36. The predicted molar refractivity (Wildman–Crippen MR) is 106 cm³/mol. The summed E-state index contributed by atoms with van der Waals surface area (Å²) in [4.78, 5) is 32.8. The Hall–Kier alpha value is -3.16. The first-order valence-electron chi connectivity index (χ1n) is 9.54. The van der Waals surface area contributed by atoms with Crippen LogP contribution >= 0.6 is 0 Å². The smallest absolute Gasteiger partial charge is 0.222 e. The zero-order chi connectivity index (χ0) is 19.3. The van der Waals surface area contributed by atoms with E-state index in [9.17, 15) is 4.79 Å². The van der Waals surface area contributed by atoms with Crippen LogP contribution in [0.2, 0.25) is 0 Å². The van der Waals surface area contributed by atoms with Crippen LogP contribution in [0.25, 0.3) is 11.2 Å². The van der Waals surface area contributed by atoms with Crippen molar-refractivity contribution in [1.82, 2.24) is 24.8 Å². The molecule has 1 aliphatic rings. The van der Waals surface area contributed by atoms with Gasteiger partial charge in [-0.2, -0.15) is 0 Å². The van der Waals surface area contributed by atoms with Gasteiger partial charge in [-0.05, 0) is 30.5 Å². The van der Waals surface area contributed by atoms with Gasteiger partial charge in [-0.25, -0.2) is 15.0 Å². The number of aryl methyl sites for hydroxylation is 1. The molecule has 3 heterocycles. The van der Waals surface area contributed by atoms with E-state index in [-0.39, 0.29) is 5.91 Å². The van der Waals surface area contributed by atoms with Gasteiger partial charge >= 0.3 is 0 Å². The first-order valence-corrected chi connectivity index (χ1v) is 9.54. The first-order chi connectivity index (χ1) is 13.7. The predicted octanol–water partition coefficient (Wildman–Crippen LogP) is 2.03. The second-order valence-corrected chi connectivity index (χ2v) is 6.87. The molecule has 1 aliphatic heterocycles. The summed E-state index contributed by atoms with van der Waals surface area (Å²) in [6.07, 6.45) is 5.31. The summed E-state index contributed by atoms with van der Waals surface area (Å²) in [5, 5.41) is 0. The van der Waals surface area contributed by atoms with Gasteiger partial charge in [0.1, 0.15) is 17.6 Å². The van der Waals surface area contributed by atoms with Crippen LogP contribution in [0.5, 0.6) is 5.75 Å². The molecule has 4 rings (SSSR count). The molecule has 1 aromatic carbocycles.